The fourth-order valence-electron chi connectivity index (χ4n) is 3.22. The highest BCUT2D eigenvalue weighted by Crippen LogP contribution is 2.15. The zero-order valence-electron chi connectivity index (χ0n) is 16.7. The van der Waals surface area contributed by atoms with Gasteiger partial charge in [0.05, 0.1) is 25.0 Å². The molecule has 0 saturated carbocycles. The van der Waals surface area contributed by atoms with Crippen molar-refractivity contribution in [2.45, 2.75) is 19.5 Å². The maximum absolute atomic E-state index is 12.2. The van der Waals surface area contributed by atoms with Crippen molar-refractivity contribution in [3.8, 4) is 0 Å². The number of ether oxygens (including phenoxy) is 1. The number of hydroxylamine groups is 2. The highest BCUT2D eigenvalue weighted by Gasteiger charge is 2.21. The third kappa shape index (κ3) is 5.72. The minimum Gasteiger partial charge on any atom is -0.453 e. The molecule has 3 rings (SSSR count). The monoisotopic (exact) mass is 401 g/mol. The number of carbonyl (C=O) groups is 2. The number of methoxy groups -OCH3 is 1. The lowest BCUT2D eigenvalue weighted by Gasteiger charge is -2.33. The van der Waals surface area contributed by atoms with Gasteiger partial charge < -0.3 is 20.3 Å². The summed E-state index contributed by atoms with van der Waals surface area (Å²) in [5, 5.41) is 16.3. The third-order valence-corrected chi connectivity index (χ3v) is 4.90. The van der Waals surface area contributed by atoms with Gasteiger partial charge >= 0.3 is 12.1 Å². The van der Waals surface area contributed by atoms with Crippen LogP contribution in [0, 0.1) is 0 Å². The molecule has 1 saturated heterocycles. The summed E-state index contributed by atoms with van der Waals surface area (Å²) in [6.45, 7) is 5.38. The van der Waals surface area contributed by atoms with Crippen molar-refractivity contribution in [2.75, 3.05) is 38.6 Å². The van der Waals surface area contributed by atoms with Crippen molar-refractivity contribution in [3.63, 3.8) is 0 Å². The normalized spacial score (nSPS) is 19.6. The first-order valence-electron chi connectivity index (χ1n) is 9.54. The molecule has 1 aromatic carbocycles. The van der Waals surface area contributed by atoms with E-state index in [1.54, 1.807) is 17.1 Å². The van der Waals surface area contributed by atoms with Gasteiger partial charge in [-0.3, -0.25) is 15.2 Å². The lowest BCUT2D eigenvalue weighted by atomic mass is 10.1. The van der Waals surface area contributed by atoms with Crippen molar-refractivity contribution in [3.05, 3.63) is 53.9 Å². The van der Waals surface area contributed by atoms with Gasteiger partial charge in [0.25, 0.3) is 0 Å². The average molecular weight is 401 g/mol. The summed E-state index contributed by atoms with van der Waals surface area (Å²) >= 11 is 0. The molecule has 9 nitrogen and oxygen atoms in total. The number of amides is 3. The predicted octanol–water partition coefficient (Wildman–Crippen LogP) is 2.18. The molecule has 2 aliphatic heterocycles. The van der Waals surface area contributed by atoms with Crippen molar-refractivity contribution < 1.29 is 19.5 Å². The Balaban J connectivity index is 1.51. The van der Waals surface area contributed by atoms with Crippen LogP contribution in [0.1, 0.15) is 12.5 Å². The molecule has 3 N–H and O–H groups in total. The van der Waals surface area contributed by atoms with E-state index in [-0.39, 0.29) is 18.2 Å². The summed E-state index contributed by atoms with van der Waals surface area (Å²) in [6, 6.07) is 7.14. The van der Waals surface area contributed by atoms with Gasteiger partial charge in [-0.2, -0.15) is 0 Å². The zero-order valence-corrected chi connectivity index (χ0v) is 16.7. The molecule has 0 aromatic heterocycles. The molecule has 0 radical (unpaired) electrons. The Bertz CT molecular complexity index is 802. The standard InChI is InChI=1S/C20H27N5O4/c1-15-6-7-18(14-25(15)28)22-19(26)21-17-5-3-4-16(12-17)13-23-8-10-24(11-9-23)20(27)29-2/h3-7,12,14-15,28H,8-11,13H2,1-2H3,(H2,21,22,26). The van der Waals surface area contributed by atoms with Crippen molar-refractivity contribution in [2.24, 2.45) is 0 Å². The van der Waals surface area contributed by atoms with Crippen LogP contribution >= 0.6 is 0 Å². The van der Waals surface area contributed by atoms with Gasteiger partial charge in [0, 0.05) is 38.4 Å². The number of nitrogens with one attached hydrogen (secondary N) is 2. The Morgan fingerprint density at radius 3 is 2.66 bits per heavy atom. The van der Waals surface area contributed by atoms with Crippen molar-refractivity contribution >= 4 is 17.8 Å². The van der Waals surface area contributed by atoms with Crippen LogP contribution < -0.4 is 10.6 Å². The third-order valence-electron chi connectivity index (χ3n) is 4.90. The quantitative estimate of drug-likeness (QED) is 0.716. The first-order chi connectivity index (χ1) is 13.9. The number of hydrogen-bond donors (Lipinski definition) is 3. The van der Waals surface area contributed by atoms with Crippen LogP contribution in [0.4, 0.5) is 15.3 Å². The SMILES string of the molecule is COC(=O)N1CCN(Cc2cccc(NC(=O)NC3=CN(O)C(C)C=C3)c2)CC1. The number of piperazine rings is 1. The van der Waals surface area contributed by atoms with Gasteiger partial charge in [0.15, 0.2) is 0 Å². The van der Waals surface area contributed by atoms with Crippen LogP contribution in [0.5, 0.6) is 0 Å². The Morgan fingerprint density at radius 2 is 1.97 bits per heavy atom. The van der Waals surface area contributed by atoms with E-state index < -0.39 is 0 Å². The summed E-state index contributed by atoms with van der Waals surface area (Å²) in [4.78, 5) is 27.8. The van der Waals surface area contributed by atoms with E-state index in [1.807, 2.05) is 31.2 Å². The molecule has 1 aromatic rings. The molecule has 1 fully saturated rings. The molecule has 0 aliphatic carbocycles. The lowest BCUT2D eigenvalue weighted by molar-refractivity contribution is -0.0614. The van der Waals surface area contributed by atoms with Gasteiger partial charge in [-0.25, -0.2) is 9.59 Å². The molecule has 3 amide bonds. The van der Waals surface area contributed by atoms with Crippen LogP contribution in [0.15, 0.2) is 48.3 Å². The molecule has 29 heavy (non-hydrogen) atoms. The van der Waals surface area contributed by atoms with E-state index in [0.29, 0.717) is 24.5 Å². The second-order valence-corrected chi connectivity index (χ2v) is 7.08. The van der Waals surface area contributed by atoms with Crippen LogP contribution in [0.2, 0.25) is 0 Å². The van der Waals surface area contributed by atoms with Crippen LogP contribution in [0.3, 0.4) is 0 Å². The largest absolute Gasteiger partial charge is 0.453 e. The van der Waals surface area contributed by atoms with E-state index in [9.17, 15) is 14.8 Å². The maximum atomic E-state index is 12.2. The van der Waals surface area contributed by atoms with E-state index >= 15 is 0 Å². The van der Waals surface area contributed by atoms with Gasteiger partial charge in [0.1, 0.15) is 0 Å². The van der Waals surface area contributed by atoms with Crippen LogP contribution in [-0.2, 0) is 11.3 Å². The second kappa shape index (κ2) is 9.44. The molecule has 2 aliphatic rings. The number of anilines is 1. The molecule has 1 unspecified atom stereocenters. The first kappa shape index (κ1) is 20.7. The predicted molar refractivity (Wildman–Crippen MR) is 108 cm³/mol. The second-order valence-electron chi connectivity index (χ2n) is 7.08. The summed E-state index contributed by atoms with van der Waals surface area (Å²) < 4.78 is 4.76. The average Bonchev–Trinajstić information content (AvgIpc) is 2.71. The summed E-state index contributed by atoms with van der Waals surface area (Å²) in [6.07, 6.45) is 4.72. The summed E-state index contributed by atoms with van der Waals surface area (Å²) in [7, 11) is 1.39. The van der Waals surface area contributed by atoms with Crippen molar-refractivity contribution in [1.82, 2.24) is 20.2 Å². The minimum atomic E-state index is -0.382. The van der Waals surface area contributed by atoms with E-state index in [1.165, 1.54) is 13.3 Å². The fourth-order valence-corrected chi connectivity index (χ4v) is 3.22. The number of allylic oxidation sites excluding steroid dienone is 1. The van der Waals surface area contributed by atoms with Crippen molar-refractivity contribution in [1.29, 1.82) is 0 Å². The van der Waals surface area contributed by atoms with Gasteiger partial charge in [-0.05, 0) is 30.7 Å². The number of carbonyl (C=O) groups excluding carboxylic acids is 2. The lowest BCUT2D eigenvalue weighted by Crippen LogP contribution is -2.48. The highest BCUT2D eigenvalue weighted by atomic mass is 16.5. The zero-order chi connectivity index (χ0) is 20.8. The van der Waals surface area contributed by atoms with Gasteiger partial charge in [-0.1, -0.05) is 18.2 Å². The van der Waals surface area contributed by atoms with E-state index in [2.05, 4.69) is 15.5 Å². The molecule has 0 spiro atoms. The molecular formula is C20H27N5O4. The van der Waals surface area contributed by atoms with Gasteiger partial charge in [0.2, 0.25) is 0 Å². The van der Waals surface area contributed by atoms with Gasteiger partial charge in [-0.15, -0.1) is 0 Å². The summed E-state index contributed by atoms with van der Waals surface area (Å²) in [5.41, 5.74) is 2.26. The smallest absolute Gasteiger partial charge is 0.409 e. The fraction of sp³-hybridized carbons (Fsp3) is 0.400. The topological polar surface area (TPSA) is 97.4 Å². The molecule has 0 bridgehead atoms. The molecule has 156 valence electrons. The number of hydrogen-bond acceptors (Lipinski definition) is 6. The Hall–Kier alpha value is -3.04. The number of rotatable bonds is 4. The maximum Gasteiger partial charge on any atom is 0.409 e. The summed E-state index contributed by atoms with van der Waals surface area (Å²) in [5.74, 6) is 0. The molecule has 2 heterocycles. The Morgan fingerprint density at radius 1 is 1.21 bits per heavy atom. The Kier molecular flexibility index (Phi) is 6.73. The molecular weight excluding hydrogens is 374 g/mol. The van der Waals surface area contributed by atoms with E-state index in [4.69, 9.17) is 4.74 Å². The van der Waals surface area contributed by atoms with Crippen LogP contribution in [-0.4, -0.2) is 71.5 Å². The highest BCUT2D eigenvalue weighted by molar-refractivity contribution is 5.90. The number of benzene rings is 1. The molecule has 9 heteroatoms. The van der Waals surface area contributed by atoms with Crippen LogP contribution in [0.25, 0.3) is 0 Å². The molecule has 1 atom stereocenters. The Labute approximate surface area is 170 Å². The minimum absolute atomic E-state index is 0.130. The number of nitrogens with zero attached hydrogens (tertiary/aromatic N) is 3. The first-order valence-corrected chi connectivity index (χ1v) is 9.54. The number of urea groups is 1. The van der Waals surface area contributed by atoms with E-state index in [0.717, 1.165) is 30.3 Å².